The summed E-state index contributed by atoms with van der Waals surface area (Å²) in [5.74, 6) is -1.39. The number of benzene rings is 2. The Bertz CT molecular complexity index is 841. The molecule has 28 heavy (non-hydrogen) atoms. The van der Waals surface area contributed by atoms with Gasteiger partial charge in [0.15, 0.2) is 5.75 Å². The highest BCUT2D eigenvalue weighted by Crippen LogP contribution is 2.33. The number of aliphatic carboxylic acids is 1. The van der Waals surface area contributed by atoms with E-state index < -0.39 is 11.9 Å². The van der Waals surface area contributed by atoms with E-state index in [1.54, 1.807) is 18.2 Å². The molecular weight excluding hydrogens is 454 g/mol. The summed E-state index contributed by atoms with van der Waals surface area (Å²) in [6, 6.07) is 7.80. The first-order valence-corrected chi connectivity index (χ1v) is 9.23. The SMILES string of the molecule is COc1c(Cl)ccc(Cl)c1C(=O)O.O=C(O)CCCOc1ccc(Cl)cc1Cl. The molecule has 0 unspecified atom stereocenters. The standard InChI is InChI=1S/C10H10Cl2O3.C8H6Cl2O3/c11-7-3-4-9(8(12)6-7)15-5-1-2-10(13)14;1-13-7-5(10)3-2-4(9)6(7)8(11)12/h3-4,6H,1-2,5H2,(H,13,14);2-3H,1H3,(H,11,12). The Morgan fingerprint density at radius 1 is 0.964 bits per heavy atom. The molecule has 0 heterocycles. The molecule has 0 amide bonds. The van der Waals surface area contributed by atoms with Crippen LogP contribution >= 0.6 is 46.4 Å². The molecule has 0 saturated carbocycles. The second kappa shape index (κ2) is 11.9. The fraction of sp³-hybridized carbons (Fsp3) is 0.222. The van der Waals surface area contributed by atoms with E-state index in [1.807, 2.05) is 0 Å². The van der Waals surface area contributed by atoms with Crippen molar-refractivity contribution in [3.63, 3.8) is 0 Å². The molecule has 152 valence electrons. The molecule has 2 aromatic rings. The Morgan fingerprint density at radius 3 is 2.11 bits per heavy atom. The van der Waals surface area contributed by atoms with Crippen molar-refractivity contribution in [2.45, 2.75) is 12.8 Å². The predicted octanol–water partition coefficient (Wildman–Crippen LogP) is 5.94. The number of hydrogen-bond acceptors (Lipinski definition) is 4. The minimum absolute atomic E-state index is 0.0849. The molecule has 0 spiro atoms. The fourth-order valence-electron chi connectivity index (χ4n) is 1.93. The lowest BCUT2D eigenvalue weighted by molar-refractivity contribution is -0.137. The van der Waals surface area contributed by atoms with E-state index in [9.17, 15) is 9.59 Å². The number of aromatic carboxylic acids is 1. The quantitative estimate of drug-likeness (QED) is 0.487. The van der Waals surface area contributed by atoms with Crippen LogP contribution in [0.2, 0.25) is 20.1 Å². The highest BCUT2D eigenvalue weighted by atomic mass is 35.5. The van der Waals surface area contributed by atoms with E-state index in [-0.39, 0.29) is 27.8 Å². The van der Waals surface area contributed by atoms with Crippen LogP contribution in [0.1, 0.15) is 23.2 Å². The second-order valence-corrected chi connectivity index (χ2v) is 6.82. The van der Waals surface area contributed by atoms with Crippen LogP contribution in [0.4, 0.5) is 0 Å². The summed E-state index contributed by atoms with van der Waals surface area (Å²) >= 11 is 22.9. The van der Waals surface area contributed by atoms with Crippen LogP contribution in [-0.2, 0) is 4.79 Å². The highest BCUT2D eigenvalue weighted by Gasteiger charge is 2.18. The number of ether oxygens (including phenoxy) is 2. The maximum absolute atomic E-state index is 10.7. The van der Waals surface area contributed by atoms with Gasteiger partial charge in [-0.1, -0.05) is 46.4 Å². The monoisotopic (exact) mass is 468 g/mol. The van der Waals surface area contributed by atoms with Crippen molar-refractivity contribution in [3.05, 3.63) is 56.0 Å². The van der Waals surface area contributed by atoms with Gasteiger partial charge in [-0.25, -0.2) is 4.79 Å². The molecule has 0 fully saturated rings. The molecule has 0 aromatic heterocycles. The normalized spacial score (nSPS) is 9.89. The zero-order valence-corrected chi connectivity index (χ0v) is 17.6. The lowest BCUT2D eigenvalue weighted by Crippen LogP contribution is -2.02. The van der Waals surface area contributed by atoms with Crippen molar-refractivity contribution in [2.75, 3.05) is 13.7 Å². The number of rotatable bonds is 7. The summed E-state index contributed by atoms with van der Waals surface area (Å²) in [5.41, 5.74) is -0.114. The van der Waals surface area contributed by atoms with E-state index in [1.165, 1.54) is 19.2 Å². The van der Waals surface area contributed by atoms with Crippen molar-refractivity contribution in [3.8, 4) is 11.5 Å². The molecule has 2 aromatic carbocycles. The Kier molecular flexibility index (Phi) is 10.2. The first kappa shape index (κ1) is 24.2. The van der Waals surface area contributed by atoms with Gasteiger partial charge in [0.05, 0.1) is 28.8 Å². The van der Waals surface area contributed by atoms with Gasteiger partial charge in [-0.15, -0.1) is 0 Å². The topological polar surface area (TPSA) is 93.1 Å². The minimum atomic E-state index is -1.16. The smallest absolute Gasteiger partial charge is 0.341 e. The van der Waals surface area contributed by atoms with Crippen LogP contribution in [0, 0.1) is 0 Å². The van der Waals surface area contributed by atoms with Crippen LogP contribution < -0.4 is 9.47 Å². The van der Waals surface area contributed by atoms with Gasteiger partial charge in [0.25, 0.3) is 0 Å². The van der Waals surface area contributed by atoms with E-state index in [2.05, 4.69) is 0 Å². The van der Waals surface area contributed by atoms with E-state index in [4.69, 9.17) is 66.1 Å². The van der Waals surface area contributed by atoms with Crippen molar-refractivity contribution in [2.24, 2.45) is 0 Å². The van der Waals surface area contributed by atoms with E-state index >= 15 is 0 Å². The number of methoxy groups -OCH3 is 1. The number of carbonyl (C=O) groups is 2. The van der Waals surface area contributed by atoms with Crippen LogP contribution in [0.15, 0.2) is 30.3 Å². The molecule has 0 saturated heterocycles. The van der Waals surface area contributed by atoms with Crippen LogP contribution in [-0.4, -0.2) is 35.9 Å². The third-order valence-electron chi connectivity index (χ3n) is 3.16. The highest BCUT2D eigenvalue weighted by molar-refractivity contribution is 6.37. The number of carboxylic acids is 2. The molecular formula is C18H16Cl4O6. The molecule has 0 aliphatic carbocycles. The van der Waals surface area contributed by atoms with Crippen molar-refractivity contribution in [1.82, 2.24) is 0 Å². The molecule has 0 atom stereocenters. The Labute approximate surface area is 181 Å². The number of hydrogen-bond donors (Lipinski definition) is 2. The summed E-state index contributed by atoms with van der Waals surface area (Å²) in [6.07, 6.45) is 0.541. The van der Waals surface area contributed by atoms with Gasteiger partial charge in [-0.2, -0.15) is 0 Å². The first-order chi connectivity index (χ1) is 13.2. The Hall–Kier alpha value is -1.86. The van der Waals surface area contributed by atoms with Crippen molar-refractivity contribution < 1.29 is 29.3 Å². The van der Waals surface area contributed by atoms with E-state index in [0.717, 1.165) is 0 Å². The summed E-state index contributed by atoms with van der Waals surface area (Å²) < 4.78 is 10.1. The summed E-state index contributed by atoms with van der Waals surface area (Å²) in [4.78, 5) is 21.0. The van der Waals surface area contributed by atoms with Crippen LogP contribution in [0.25, 0.3) is 0 Å². The summed E-state index contributed by atoms with van der Waals surface area (Å²) in [5, 5.41) is 18.5. The van der Waals surface area contributed by atoms with Gasteiger partial charge in [-0.05, 0) is 36.8 Å². The molecule has 0 aliphatic rings. The molecule has 2 rings (SSSR count). The molecule has 2 N–H and O–H groups in total. The molecule has 0 bridgehead atoms. The van der Waals surface area contributed by atoms with Gasteiger partial charge in [-0.3, -0.25) is 4.79 Å². The van der Waals surface area contributed by atoms with Gasteiger partial charge >= 0.3 is 11.9 Å². The van der Waals surface area contributed by atoms with Crippen LogP contribution in [0.3, 0.4) is 0 Å². The Morgan fingerprint density at radius 2 is 1.61 bits per heavy atom. The largest absolute Gasteiger partial charge is 0.494 e. The summed E-state index contributed by atoms with van der Waals surface area (Å²) in [6.45, 7) is 0.327. The number of carboxylic acid groups (broad SMARTS) is 2. The molecule has 0 aliphatic heterocycles. The van der Waals surface area contributed by atoms with Crippen LogP contribution in [0.5, 0.6) is 11.5 Å². The Balaban J connectivity index is 0.000000283. The van der Waals surface area contributed by atoms with Gasteiger partial charge in [0.2, 0.25) is 0 Å². The van der Waals surface area contributed by atoms with E-state index in [0.29, 0.717) is 28.8 Å². The van der Waals surface area contributed by atoms with Crippen molar-refractivity contribution in [1.29, 1.82) is 0 Å². The molecule has 10 heteroatoms. The molecule has 0 radical (unpaired) electrons. The third kappa shape index (κ3) is 7.64. The predicted molar refractivity (Wildman–Crippen MR) is 109 cm³/mol. The first-order valence-electron chi connectivity index (χ1n) is 7.72. The van der Waals surface area contributed by atoms with Gasteiger partial charge in [0, 0.05) is 11.4 Å². The molecule has 6 nitrogen and oxygen atoms in total. The minimum Gasteiger partial charge on any atom is -0.494 e. The third-order valence-corrected chi connectivity index (χ3v) is 4.31. The maximum atomic E-state index is 10.7. The number of halogens is 4. The lowest BCUT2D eigenvalue weighted by Gasteiger charge is -2.07. The maximum Gasteiger partial charge on any atom is 0.341 e. The second-order valence-electron chi connectivity index (χ2n) is 5.16. The lowest BCUT2D eigenvalue weighted by atomic mass is 10.2. The fourth-order valence-corrected chi connectivity index (χ4v) is 2.86. The average molecular weight is 470 g/mol. The zero-order valence-electron chi connectivity index (χ0n) is 14.5. The van der Waals surface area contributed by atoms with Gasteiger partial charge < -0.3 is 19.7 Å². The zero-order chi connectivity index (χ0) is 21.3. The van der Waals surface area contributed by atoms with Crippen molar-refractivity contribution >= 4 is 58.3 Å². The summed E-state index contributed by atoms with van der Waals surface area (Å²) in [7, 11) is 1.34. The van der Waals surface area contributed by atoms with Gasteiger partial charge in [0.1, 0.15) is 11.3 Å². The average Bonchev–Trinajstić information content (AvgIpc) is 2.62.